The minimum atomic E-state index is -1.05. The Morgan fingerprint density at radius 3 is 2.14 bits per heavy atom. The highest BCUT2D eigenvalue weighted by atomic mass is 32.1. The largest absolute Gasteiger partial charge is 0.455 e. The lowest BCUT2D eigenvalue weighted by molar-refractivity contribution is -0.149. The zero-order valence-electron chi connectivity index (χ0n) is 41.3. The van der Waals surface area contributed by atoms with Gasteiger partial charge in [-0.05, 0) is 30.5 Å². The molecule has 5 amide bonds. The average molecular weight is 1140 g/mol. The third kappa shape index (κ3) is 11.9. The van der Waals surface area contributed by atoms with E-state index < -0.39 is 60.4 Å². The first-order valence-corrected chi connectivity index (χ1v) is 28.4. The molecule has 27 heteroatoms. The molecule has 0 fully saturated rings. The van der Waals surface area contributed by atoms with E-state index in [1.807, 2.05) is 31.4 Å². The number of methoxy groups -OCH3 is 1. The molecule has 21 nitrogen and oxygen atoms in total. The van der Waals surface area contributed by atoms with Gasteiger partial charge in [-0.3, -0.25) is 28.8 Å². The smallest absolute Gasteiger partial charge is 0.303 e. The van der Waals surface area contributed by atoms with E-state index in [1.165, 1.54) is 77.8 Å². The molecule has 8 aromatic rings. The van der Waals surface area contributed by atoms with Crippen LogP contribution in [0.2, 0.25) is 0 Å². The normalized spacial score (nSPS) is 16.8. The quantitative estimate of drug-likeness (QED) is 0.0764. The summed E-state index contributed by atoms with van der Waals surface area (Å²) in [5.41, 5.74) is 9.12. The summed E-state index contributed by atoms with van der Waals surface area (Å²) in [4.78, 5) is 117. The first-order chi connectivity index (χ1) is 36.6. The van der Waals surface area contributed by atoms with Crippen LogP contribution in [0.1, 0.15) is 113 Å². The van der Waals surface area contributed by atoms with Gasteiger partial charge in [0.15, 0.2) is 6.10 Å². The average Bonchev–Trinajstić information content (AvgIpc) is 4.28. The van der Waals surface area contributed by atoms with Gasteiger partial charge >= 0.3 is 5.97 Å². The van der Waals surface area contributed by atoms with Crippen LogP contribution in [0.4, 0.5) is 5.82 Å². The Morgan fingerprint density at radius 1 is 0.711 bits per heavy atom. The number of nitrogens with one attached hydrogen (secondary N) is 5. The Kier molecular flexibility index (Phi) is 16.4. The third-order valence-corrected chi connectivity index (χ3v) is 17.3. The van der Waals surface area contributed by atoms with E-state index in [1.54, 1.807) is 53.4 Å². The Hall–Kier alpha value is -7.27. The highest BCUT2D eigenvalue weighted by Gasteiger charge is 2.34. The van der Waals surface area contributed by atoms with Gasteiger partial charge in [0, 0.05) is 53.0 Å². The van der Waals surface area contributed by atoms with Gasteiger partial charge in [-0.1, -0.05) is 44.2 Å². The summed E-state index contributed by atoms with van der Waals surface area (Å²) in [5, 5.41) is 23.7. The summed E-state index contributed by atoms with van der Waals surface area (Å²) in [5.74, 6) is -3.33. The summed E-state index contributed by atoms with van der Waals surface area (Å²) in [6.07, 6.45) is -1.24. The molecular weight excluding hydrogens is 1090 g/mol. The summed E-state index contributed by atoms with van der Waals surface area (Å²) < 4.78 is 11.4. The molecule has 9 rings (SSSR count). The monoisotopic (exact) mass is 1140 g/mol. The highest BCUT2D eigenvalue weighted by Crippen LogP contribution is 2.40. The van der Waals surface area contributed by atoms with Gasteiger partial charge in [-0.15, -0.1) is 68.0 Å². The number of nitrogens with two attached hydrogens (primary N) is 1. The van der Waals surface area contributed by atoms with Crippen molar-refractivity contribution in [2.24, 2.45) is 5.92 Å². The number of nitrogens with zero attached hydrogens (tertiary/aromatic N) is 7. The number of fused-ring (bicyclic) bond motifs is 14. The number of amides is 5. The van der Waals surface area contributed by atoms with Gasteiger partial charge in [-0.25, -0.2) is 34.9 Å². The number of nitrogen functional groups attached to an aromatic ring is 1. The van der Waals surface area contributed by atoms with Crippen LogP contribution < -0.4 is 32.3 Å². The molecule has 0 unspecified atom stereocenters. The number of ether oxygens (including phenoxy) is 2. The van der Waals surface area contributed by atoms with Crippen molar-refractivity contribution in [2.75, 3.05) is 26.4 Å². The molecule has 8 heterocycles. The minimum absolute atomic E-state index is 0.00131. The zero-order chi connectivity index (χ0) is 53.8. The summed E-state index contributed by atoms with van der Waals surface area (Å²) >= 11 is 7.36. The first-order valence-electron chi connectivity index (χ1n) is 23.2. The molecule has 7 N–H and O–H groups in total. The van der Waals surface area contributed by atoms with Crippen LogP contribution in [0.5, 0.6) is 0 Å². The Bertz CT molecular complexity index is 3470. The molecule has 7 aromatic heterocycles. The van der Waals surface area contributed by atoms with E-state index >= 15 is 0 Å². The SMILES string of the molecule is CNC(=O)C[C@@H]1NC(=O)c2csc(n2)-c2ccc(-c3nc(N)cs3)nc2-c2csc(n2)-c2csc(n2)[C@H]([C@@H](OC(C)=O)c2ccccc2)NC(=O)CNC(=O)c2nc(sc2COC)[C@@H](C(C)C)NC(=O)c2nc1sc2C. The van der Waals surface area contributed by atoms with Crippen LogP contribution in [0.15, 0.2) is 64.0 Å². The fourth-order valence-electron chi connectivity index (χ4n) is 7.89. The minimum Gasteiger partial charge on any atom is -0.455 e. The Labute approximate surface area is 458 Å². The van der Waals surface area contributed by atoms with Gasteiger partial charge in [0.2, 0.25) is 11.8 Å². The number of aryl methyl sites for hydroxylation is 1. The van der Waals surface area contributed by atoms with Crippen LogP contribution in [0.25, 0.3) is 43.4 Å². The van der Waals surface area contributed by atoms with Gasteiger partial charge in [0.1, 0.15) is 76.1 Å². The fraction of sp³-hybridized carbons (Fsp3) is 0.286. The summed E-state index contributed by atoms with van der Waals surface area (Å²) in [7, 11) is 2.95. The first kappa shape index (κ1) is 53.6. The summed E-state index contributed by atoms with van der Waals surface area (Å²) in [6, 6.07) is 9.79. The molecule has 0 saturated carbocycles. The molecule has 76 heavy (non-hydrogen) atoms. The van der Waals surface area contributed by atoms with Crippen molar-refractivity contribution in [3.05, 3.63) is 111 Å². The molecule has 0 spiro atoms. The predicted molar refractivity (Wildman–Crippen MR) is 291 cm³/mol. The lowest BCUT2D eigenvalue weighted by Gasteiger charge is -2.26. The molecule has 0 saturated heterocycles. The second-order valence-electron chi connectivity index (χ2n) is 17.3. The highest BCUT2D eigenvalue weighted by molar-refractivity contribution is 7.15. The van der Waals surface area contributed by atoms with Crippen molar-refractivity contribution in [3.8, 4) is 43.4 Å². The molecule has 0 radical (unpaired) electrons. The number of anilines is 1. The number of hydrogen-bond donors (Lipinski definition) is 6. The number of carbonyl (C=O) groups is 6. The number of thiazole rings is 6. The second kappa shape index (κ2) is 23.3. The molecule has 1 aromatic carbocycles. The van der Waals surface area contributed by atoms with E-state index in [0.717, 1.165) is 11.3 Å². The Morgan fingerprint density at radius 2 is 1.42 bits per heavy atom. The molecule has 1 aliphatic heterocycles. The van der Waals surface area contributed by atoms with E-state index in [2.05, 4.69) is 36.6 Å². The van der Waals surface area contributed by atoms with E-state index in [0.29, 0.717) is 79.5 Å². The molecular formula is C49H47N13O8S6. The fourth-order valence-corrected chi connectivity index (χ4v) is 13.3. The number of rotatable bonds is 9. The maximum absolute atomic E-state index is 14.2. The van der Waals surface area contributed by atoms with Gasteiger partial charge in [-0.2, -0.15) is 0 Å². The number of hydrogen-bond acceptors (Lipinski definition) is 22. The third-order valence-electron chi connectivity index (χ3n) is 11.5. The molecule has 10 bridgehead atoms. The van der Waals surface area contributed by atoms with Crippen molar-refractivity contribution < 1.29 is 38.2 Å². The van der Waals surface area contributed by atoms with Crippen molar-refractivity contribution in [2.45, 2.75) is 65.0 Å². The number of aromatic nitrogens is 7. The van der Waals surface area contributed by atoms with Crippen LogP contribution in [0, 0.1) is 12.8 Å². The number of esters is 1. The maximum atomic E-state index is 14.2. The van der Waals surface area contributed by atoms with Crippen molar-refractivity contribution in [1.29, 1.82) is 0 Å². The topological polar surface area (TPSA) is 297 Å². The van der Waals surface area contributed by atoms with Crippen molar-refractivity contribution in [3.63, 3.8) is 0 Å². The van der Waals surface area contributed by atoms with Crippen LogP contribution in [-0.4, -0.2) is 91.1 Å². The lowest BCUT2D eigenvalue weighted by Crippen LogP contribution is -2.41. The van der Waals surface area contributed by atoms with E-state index in [9.17, 15) is 28.8 Å². The van der Waals surface area contributed by atoms with Gasteiger partial charge in [0.05, 0.1) is 42.2 Å². The molecule has 392 valence electrons. The number of pyridine rings is 1. The van der Waals surface area contributed by atoms with Crippen molar-refractivity contribution >= 4 is 109 Å². The molecule has 4 atom stereocenters. The standard InChI is InChI=1S/C49H47N13O8S6/c1-21(2)35-49-62-38(31(76-49)16-69-6)42(67)52-15-34(65)59-39(40(70-23(4)63)24-10-8-7-9-11-24)48-57-30(19-73-48)46-55-28(17-72-46)37-25(12-13-26(53-37)45-58-32(50)20-74-45)44-56-29(18-71-44)41(66)54-27(14-33(64)51-5)47-61-36(22(3)75-47)43(68)60-35/h7-13,17-21,27,35,39-40H,14-16,50H2,1-6H3,(H,51,64)(H,52,67)(H,54,66)(H,59,65)(H,60,68)/t27-,35+,39-,40-/m0/s1. The number of benzene rings is 1. The van der Waals surface area contributed by atoms with Crippen LogP contribution >= 0.6 is 68.0 Å². The lowest BCUT2D eigenvalue weighted by atomic mass is 10.0. The second-order valence-corrected chi connectivity index (χ2v) is 23.1. The van der Waals surface area contributed by atoms with Crippen LogP contribution in [0.3, 0.4) is 0 Å². The van der Waals surface area contributed by atoms with Crippen molar-refractivity contribution in [1.82, 2.24) is 61.5 Å². The number of carbonyl (C=O) groups excluding carboxylic acids is 6. The molecule has 0 aliphatic carbocycles. The van der Waals surface area contributed by atoms with E-state index in [4.69, 9.17) is 40.1 Å². The van der Waals surface area contributed by atoms with Gasteiger partial charge < -0.3 is 41.8 Å². The van der Waals surface area contributed by atoms with E-state index in [-0.39, 0.29) is 41.9 Å². The summed E-state index contributed by atoms with van der Waals surface area (Å²) in [6.45, 7) is 6.25. The van der Waals surface area contributed by atoms with Crippen LogP contribution in [-0.2, 0) is 30.5 Å². The maximum Gasteiger partial charge on any atom is 0.303 e. The predicted octanol–water partition coefficient (Wildman–Crippen LogP) is 7.47. The molecule has 1 aliphatic rings. The van der Waals surface area contributed by atoms with Gasteiger partial charge in [0.25, 0.3) is 17.7 Å². The Balaban J connectivity index is 1.15. The zero-order valence-corrected chi connectivity index (χ0v) is 46.2.